The third-order valence-corrected chi connectivity index (χ3v) is 10.7. The van der Waals surface area contributed by atoms with Crippen LogP contribution in [0.5, 0.6) is 0 Å². The Kier molecular flexibility index (Phi) is 8.19. The molecule has 1 heterocycles. The first-order valence-electron chi connectivity index (χ1n) is 9.41. The van der Waals surface area contributed by atoms with Crippen LogP contribution in [0.2, 0.25) is 18.1 Å². The second-order valence-electron chi connectivity index (χ2n) is 8.70. The van der Waals surface area contributed by atoms with Crippen molar-refractivity contribution in [1.29, 1.82) is 0 Å². The van der Waals surface area contributed by atoms with Gasteiger partial charge in [-0.25, -0.2) is 9.78 Å². The fourth-order valence-corrected chi connectivity index (χ4v) is 4.16. The van der Waals surface area contributed by atoms with E-state index in [1.807, 2.05) is 19.2 Å². The van der Waals surface area contributed by atoms with E-state index in [2.05, 4.69) is 38.8 Å². The van der Waals surface area contributed by atoms with Crippen molar-refractivity contribution in [1.82, 2.24) is 9.88 Å². The van der Waals surface area contributed by atoms with Gasteiger partial charge in [0.1, 0.15) is 0 Å². The van der Waals surface area contributed by atoms with E-state index >= 15 is 0 Å². The van der Waals surface area contributed by atoms with E-state index in [1.54, 1.807) is 6.92 Å². The van der Waals surface area contributed by atoms with Crippen molar-refractivity contribution in [3.05, 3.63) is 16.1 Å². The summed E-state index contributed by atoms with van der Waals surface area (Å²) in [6, 6.07) is -0.351. The van der Waals surface area contributed by atoms with Gasteiger partial charge in [-0.2, -0.15) is 0 Å². The molecule has 1 rings (SSSR count). The largest absolute Gasteiger partial charge is 0.465 e. The molecule has 1 N–H and O–H groups in total. The van der Waals surface area contributed by atoms with E-state index in [-0.39, 0.29) is 29.2 Å². The van der Waals surface area contributed by atoms with Crippen LogP contribution in [-0.2, 0) is 11.0 Å². The van der Waals surface area contributed by atoms with Crippen molar-refractivity contribution in [2.45, 2.75) is 78.7 Å². The minimum Gasteiger partial charge on any atom is -0.465 e. The van der Waals surface area contributed by atoms with Gasteiger partial charge < -0.3 is 14.4 Å². The lowest BCUT2D eigenvalue weighted by Gasteiger charge is -2.35. The highest BCUT2D eigenvalue weighted by atomic mass is 32.1. The minimum absolute atomic E-state index is 0.0475. The van der Waals surface area contributed by atoms with Crippen LogP contribution in [0.4, 0.5) is 4.79 Å². The Labute approximate surface area is 168 Å². The standard InChI is InChI=1S/C19H34N2O4SSi/c1-9-21(18(23)24)15(13(2)3)10-16(22)17-20-14(12-26-17)11-25-27(7,8)19(4,5)6/h12-13,15H,9-11H2,1-8H3,(H,23,24)/t15-/m1/s1. The molecule has 0 bridgehead atoms. The summed E-state index contributed by atoms with van der Waals surface area (Å²) in [6.45, 7) is 17.3. The fourth-order valence-electron chi connectivity index (χ4n) is 2.47. The number of Topliss-reactive ketones (excluding diaryl/α,β-unsaturated/α-hetero) is 1. The van der Waals surface area contributed by atoms with Crippen molar-refractivity contribution >= 4 is 31.5 Å². The molecule has 0 saturated carbocycles. The average molecular weight is 415 g/mol. The molecule has 27 heavy (non-hydrogen) atoms. The first-order chi connectivity index (χ1) is 12.3. The molecule has 6 nitrogen and oxygen atoms in total. The van der Waals surface area contributed by atoms with Gasteiger partial charge in [0.2, 0.25) is 0 Å². The average Bonchev–Trinajstić information content (AvgIpc) is 3.00. The van der Waals surface area contributed by atoms with E-state index in [9.17, 15) is 14.7 Å². The summed E-state index contributed by atoms with van der Waals surface area (Å²) >= 11 is 1.31. The molecule has 0 unspecified atom stereocenters. The predicted molar refractivity (Wildman–Crippen MR) is 112 cm³/mol. The number of hydrogen-bond donors (Lipinski definition) is 1. The van der Waals surface area contributed by atoms with E-state index in [0.29, 0.717) is 18.2 Å². The lowest BCUT2D eigenvalue weighted by atomic mass is 9.97. The highest BCUT2D eigenvalue weighted by Crippen LogP contribution is 2.37. The Balaban J connectivity index is 2.81. The molecule has 0 aliphatic rings. The zero-order chi connectivity index (χ0) is 21.0. The van der Waals surface area contributed by atoms with Crippen LogP contribution in [0.15, 0.2) is 5.38 Å². The lowest BCUT2D eigenvalue weighted by Crippen LogP contribution is -2.43. The lowest BCUT2D eigenvalue weighted by molar-refractivity contribution is 0.0852. The summed E-state index contributed by atoms with van der Waals surface area (Å²) in [6.07, 6.45) is -0.847. The summed E-state index contributed by atoms with van der Waals surface area (Å²) in [5, 5.41) is 11.8. The predicted octanol–water partition coefficient (Wildman–Crippen LogP) is 5.26. The Morgan fingerprint density at radius 2 is 1.93 bits per heavy atom. The van der Waals surface area contributed by atoms with Gasteiger partial charge in [-0.3, -0.25) is 4.79 Å². The van der Waals surface area contributed by atoms with E-state index in [1.165, 1.54) is 16.2 Å². The Hall–Kier alpha value is -1.25. The second kappa shape index (κ2) is 9.30. The molecular formula is C19H34N2O4SSi. The Morgan fingerprint density at radius 3 is 2.37 bits per heavy atom. The number of carbonyl (C=O) groups excluding carboxylic acids is 1. The third kappa shape index (κ3) is 6.39. The first kappa shape index (κ1) is 23.8. The number of carboxylic acid groups (broad SMARTS) is 1. The van der Waals surface area contributed by atoms with Gasteiger partial charge in [-0.1, -0.05) is 34.6 Å². The maximum absolute atomic E-state index is 12.7. The van der Waals surface area contributed by atoms with Gasteiger partial charge in [0, 0.05) is 24.4 Å². The summed E-state index contributed by atoms with van der Waals surface area (Å²) < 4.78 is 6.17. The molecule has 0 aliphatic carbocycles. The summed E-state index contributed by atoms with van der Waals surface area (Å²) in [4.78, 5) is 29.9. The minimum atomic E-state index is -1.87. The molecule has 0 radical (unpaired) electrons. The zero-order valence-corrected chi connectivity index (χ0v) is 19.6. The number of hydrogen-bond acceptors (Lipinski definition) is 5. The highest BCUT2D eigenvalue weighted by Gasteiger charge is 2.37. The van der Waals surface area contributed by atoms with E-state index in [4.69, 9.17) is 4.43 Å². The molecule has 1 aromatic heterocycles. The second-order valence-corrected chi connectivity index (χ2v) is 14.4. The number of nitrogens with zero attached hydrogens (tertiary/aromatic N) is 2. The van der Waals surface area contributed by atoms with Crippen LogP contribution < -0.4 is 0 Å². The van der Waals surface area contributed by atoms with Crippen molar-refractivity contribution in [3.63, 3.8) is 0 Å². The highest BCUT2D eigenvalue weighted by molar-refractivity contribution is 7.11. The number of thiazole rings is 1. The first-order valence-corrected chi connectivity index (χ1v) is 13.2. The van der Waals surface area contributed by atoms with Crippen LogP contribution in [-0.4, -0.2) is 47.8 Å². The number of aromatic nitrogens is 1. The van der Waals surface area contributed by atoms with Gasteiger partial charge >= 0.3 is 6.09 Å². The zero-order valence-electron chi connectivity index (χ0n) is 17.8. The number of ketones is 1. The molecule has 1 aromatic rings. The number of amides is 1. The normalized spacial score (nSPS) is 13.7. The van der Waals surface area contributed by atoms with Gasteiger partial charge in [0.25, 0.3) is 0 Å². The van der Waals surface area contributed by atoms with Crippen LogP contribution in [0.1, 0.15) is 63.5 Å². The number of rotatable bonds is 9. The molecule has 1 atom stereocenters. The number of carbonyl (C=O) groups is 2. The summed E-state index contributed by atoms with van der Waals surface area (Å²) in [5.74, 6) is -0.0664. The van der Waals surface area contributed by atoms with Crippen molar-refractivity contribution < 1.29 is 19.1 Å². The van der Waals surface area contributed by atoms with Crippen LogP contribution in [0.25, 0.3) is 0 Å². The molecule has 0 spiro atoms. The SMILES string of the molecule is CCN(C(=O)O)[C@H](CC(=O)c1nc(CO[Si](C)(C)C(C)(C)C)cs1)C(C)C. The maximum atomic E-state index is 12.7. The Bertz CT molecular complexity index is 652. The van der Waals surface area contributed by atoms with Gasteiger partial charge in [-0.15, -0.1) is 11.3 Å². The van der Waals surface area contributed by atoms with Crippen molar-refractivity contribution in [2.24, 2.45) is 5.92 Å². The van der Waals surface area contributed by atoms with E-state index in [0.717, 1.165) is 5.69 Å². The smallest absolute Gasteiger partial charge is 0.407 e. The van der Waals surface area contributed by atoms with Gasteiger partial charge in [0.05, 0.1) is 12.3 Å². The Morgan fingerprint density at radius 1 is 1.33 bits per heavy atom. The quantitative estimate of drug-likeness (QED) is 0.440. The molecule has 0 aliphatic heterocycles. The van der Waals surface area contributed by atoms with Gasteiger partial charge in [0.15, 0.2) is 19.1 Å². The third-order valence-electron chi connectivity index (χ3n) is 5.33. The fraction of sp³-hybridized carbons (Fsp3) is 0.737. The molecule has 1 amide bonds. The maximum Gasteiger partial charge on any atom is 0.407 e. The van der Waals surface area contributed by atoms with E-state index < -0.39 is 14.4 Å². The molecule has 154 valence electrons. The summed E-state index contributed by atoms with van der Waals surface area (Å²) in [7, 11) is -1.87. The molecule has 0 fully saturated rings. The molecule has 0 saturated heterocycles. The molecule has 8 heteroatoms. The van der Waals surface area contributed by atoms with Crippen LogP contribution in [0.3, 0.4) is 0 Å². The molecule has 0 aromatic carbocycles. The summed E-state index contributed by atoms with van der Waals surface area (Å²) in [5.41, 5.74) is 0.764. The van der Waals surface area contributed by atoms with Crippen molar-refractivity contribution in [3.8, 4) is 0 Å². The van der Waals surface area contributed by atoms with Crippen LogP contribution >= 0.6 is 11.3 Å². The van der Waals surface area contributed by atoms with Gasteiger partial charge in [-0.05, 0) is 31.0 Å². The molecular weight excluding hydrogens is 380 g/mol. The topological polar surface area (TPSA) is 79.7 Å². The van der Waals surface area contributed by atoms with Crippen molar-refractivity contribution in [2.75, 3.05) is 6.54 Å². The van der Waals surface area contributed by atoms with Crippen LogP contribution in [0, 0.1) is 5.92 Å². The monoisotopic (exact) mass is 414 g/mol.